The van der Waals surface area contributed by atoms with E-state index in [-0.39, 0.29) is 17.9 Å². The molecule has 3 aromatic rings. The number of carbonyl (C=O) groups is 2. The molecule has 5 rings (SSSR count). The molecule has 0 unspecified atom stereocenters. The number of H-pyrrole nitrogens is 1. The molecule has 2 fully saturated rings. The van der Waals surface area contributed by atoms with Gasteiger partial charge in [0, 0.05) is 51.2 Å². The zero-order chi connectivity index (χ0) is 20.7. The molecule has 0 radical (unpaired) electrons. The molecule has 1 aromatic heterocycles. The highest BCUT2D eigenvalue weighted by Gasteiger charge is 2.49. The Labute approximate surface area is 175 Å². The second-order valence-electron chi connectivity index (χ2n) is 8.45. The van der Waals surface area contributed by atoms with Crippen LogP contribution in [0.3, 0.4) is 0 Å². The number of benzene rings is 2. The minimum Gasteiger partial charge on any atom is -0.342 e. The molecule has 2 aromatic carbocycles. The Morgan fingerprint density at radius 3 is 2.57 bits per heavy atom. The summed E-state index contributed by atoms with van der Waals surface area (Å²) in [6.07, 6.45) is 1.06. The molecule has 3 heterocycles. The van der Waals surface area contributed by atoms with Gasteiger partial charge in [-0.05, 0) is 17.7 Å². The number of nitrogens with zero attached hydrogens (tertiary/aromatic N) is 3. The third-order valence-electron chi connectivity index (χ3n) is 6.58. The molecule has 154 valence electrons. The highest BCUT2D eigenvalue weighted by Crippen LogP contribution is 2.45. The molecule has 1 N–H and O–H groups in total. The second-order valence-corrected chi connectivity index (χ2v) is 8.45. The van der Waals surface area contributed by atoms with Gasteiger partial charge in [0.05, 0.1) is 17.1 Å². The van der Waals surface area contributed by atoms with Gasteiger partial charge in [-0.25, -0.2) is 4.98 Å². The van der Waals surface area contributed by atoms with Gasteiger partial charge in [-0.2, -0.15) is 0 Å². The number of imidazole rings is 1. The number of para-hydroxylation sites is 2. The summed E-state index contributed by atoms with van der Waals surface area (Å²) >= 11 is 0. The van der Waals surface area contributed by atoms with E-state index < -0.39 is 0 Å². The predicted octanol–water partition coefficient (Wildman–Crippen LogP) is 3.17. The molecule has 2 saturated heterocycles. The lowest BCUT2D eigenvalue weighted by Crippen LogP contribution is -2.36. The van der Waals surface area contributed by atoms with Crippen molar-refractivity contribution < 1.29 is 9.59 Å². The highest BCUT2D eigenvalue weighted by molar-refractivity contribution is 5.78. The standard InChI is InChI=1S/C24H26N4O2/c1-16(29)28-14-18-13-27(15-19(18)24(28)17-7-3-2-4-8-17)23(30)12-11-22-25-20-9-5-6-10-21(20)26-22/h2-10,18-19,24H,11-15H2,1H3,(H,25,26)/t18-,19-,24+/m1/s1. The van der Waals surface area contributed by atoms with E-state index in [1.54, 1.807) is 6.92 Å². The molecule has 0 spiro atoms. The van der Waals surface area contributed by atoms with E-state index in [9.17, 15) is 9.59 Å². The summed E-state index contributed by atoms with van der Waals surface area (Å²) in [5.41, 5.74) is 3.10. The highest BCUT2D eigenvalue weighted by atomic mass is 16.2. The molecular weight excluding hydrogens is 376 g/mol. The fraction of sp³-hybridized carbons (Fsp3) is 0.375. The van der Waals surface area contributed by atoms with Gasteiger partial charge in [-0.15, -0.1) is 0 Å². The molecule has 30 heavy (non-hydrogen) atoms. The van der Waals surface area contributed by atoms with Crippen molar-refractivity contribution in [3.05, 3.63) is 66.0 Å². The molecule has 2 amide bonds. The molecule has 0 aliphatic carbocycles. The lowest BCUT2D eigenvalue weighted by molar-refractivity contribution is -0.131. The van der Waals surface area contributed by atoms with E-state index in [1.165, 1.54) is 0 Å². The van der Waals surface area contributed by atoms with E-state index in [0.29, 0.717) is 31.2 Å². The normalized spacial score (nSPS) is 23.2. The van der Waals surface area contributed by atoms with Gasteiger partial charge >= 0.3 is 0 Å². The number of aryl methyl sites for hydroxylation is 1. The zero-order valence-corrected chi connectivity index (χ0v) is 17.1. The number of carbonyl (C=O) groups excluding carboxylic acids is 2. The number of amides is 2. The molecule has 0 saturated carbocycles. The Balaban J connectivity index is 1.26. The van der Waals surface area contributed by atoms with Crippen LogP contribution < -0.4 is 0 Å². The Bertz CT molecular complexity index is 1040. The monoisotopic (exact) mass is 402 g/mol. The lowest BCUT2D eigenvalue weighted by Gasteiger charge is -2.29. The minimum atomic E-state index is 0.0573. The Hall–Kier alpha value is -3.15. The third kappa shape index (κ3) is 3.36. The van der Waals surface area contributed by atoms with Crippen molar-refractivity contribution in [1.29, 1.82) is 0 Å². The molecule has 2 aliphatic rings. The first-order valence-corrected chi connectivity index (χ1v) is 10.6. The van der Waals surface area contributed by atoms with Gasteiger partial charge in [0.15, 0.2) is 0 Å². The van der Waals surface area contributed by atoms with Crippen LogP contribution >= 0.6 is 0 Å². The number of likely N-dealkylation sites (tertiary alicyclic amines) is 2. The van der Waals surface area contributed by atoms with Gasteiger partial charge in [0.1, 0.15) is 5.82 Å². The first kappa shape index (κ1) is 18.9. The van der Waals surface area contributed by atoms with Crippen molar-refractivity contribution >= 4 is 22.8 Å². The summed E-state index contributed by atoms with van der Waals surface area (Å²) in [7, 11) is 0. The topological polar surface area (TPSA) is 69.3 Å². The number of rotatable bonds is 4. The summed E-state index contributed by atoms with van der Waals surface area (Å²) in [6.45, 7) is 3.82. The van der Waals surface area contributed by atoms with Crippen LogP contribution in [0.4, 0.5) is 0 Å². The van der Waals surface area contributed by atoms with Gasteiger partial charge in [-0.1, -0.05) is 42.5 Å². The van der Waals surface area contributed by atoms with Gasteiger partial charge in [-0.3, -0.25) is 9.59 Å². The van der Waals surface area contributed by atoms with E-state index in [4.69, 9.17) is 0 Å². The zero-order valence-electron chi connectivity index (χ0n) is 17.1. The largest absolute Gasteiger partial charge is 0.342 e. The SMILES string of the molecule is CC(=O)N1C[C@H]2CN(C(=O)CCc3nc4ccccc4[nH]3)C[C@H]2[C@@H]1c1ccccc1. The van der Waals surface area contributed by atoms with Crippen LogP contribution in [-0.2, 0) is 16.0 Å². The van der Waals surface area contributed by atoms with Crippen molar-refractivity contribution in [1.82, 2.24) is 19.8 Å². The van der Waals surface area contributed by atoms with Crippen LogP contribution in [-0.4, -0.2) is 51.2 Å². The molecule has 6 nitrogen and oxygen atoms in total. The van der Waals surface area contributed by atoms with Crippen molar-refractivity contribution in [2.45, 2.75) is 25.8 Å². The van der Waals surface area contributed by atoms with Crippen LogP contribution in [0.2, 0.25) is 0 Å². The van der Waals surface area contributed by atoms with Crippen molar-refractivity contribution in [3.63, 3.8) is 0 Å². The number of hydrogen-bond acceptors (Lipinski definition) is 3. The molecular formula is C24H26N4O2. The van der Waals surface area contributed by atoms with Crippen molar-refractivity contribution in [3.8, 4) is 0 Å². The summed E-state index contributed by atoms with van der Waals surface area (Å²) in [4.78, 5) is 37.0. The van der Waals surface area contributed by atoms with Gasteiger partial charge < -0.3 is 14.8 Å². The van der Waals surface area contributed by atoms with E-state index in [2.05, 4.69) is 22.1 Å². The average Bonchev–Trinajstić information content (AvgIpc) is 3.44. The fourth-order valence-electron chi connectivity index (χ4n) is 5.16. The van der Waals surface area contributed by atoms with Gasteiger partial charge in [0.25, 0.3) is 0 Å². The number of nitrogens with one attached hydrogen (secondary N) is 1. The van der Waals surface area contributed by atoms with E-state index in [1.807, 2.05) is 52.3 Å². The first-order chi connectivity index (χ1) is 14.6. The Kier molecular flexibility index (Phi) is 4.77. The molecule has 3 atom stereocenters. The molecule has 0 bridgehead atoms. The number of fused-ring (bicyclic) bond motifs is 2. The van der Waals surface area contributed by atoms with Crippen LogP contribution in [0.1, 0.15) is 30.8 Å². The summed E-state index contributed by atoms with van der Waals surface area (Å²) in [5, 5.41) is 0. The van der Waals surface area contributed by atoms with Gasteiger partial charge in [0.2, 0.25) is 11.8 Å². The maximum atomic E-state index is 12.9. The number of aromatic amines is 1. The van der Waals surface area contributed by atoms with Crippen LogP contribution in [0.5, 0.6) is 0 Å². The van der Waals surface area contributed by atoms with Crippen LogP contribution in [0.25, 0.3) is 11.0 Å². The molecule has 6 heteroatoms. The van der Waals surface area contributed by atoms with E-state index in [0.717, 1.165) is 35.5 Å². The first-order valence-electron chi connectivity index (χ1n) is 10.6. The summed E-state index contributed by atoms with van der Waals surface area (Å²) in [5.74, 6) is 1.78. The summed E-state index contributed by atoms with van der Waals surface area (Å²) < 4.78 is 0. The van der Waals surface area contributed by atoms with Crippen LogP contribution in [0.15, 0.2) is 54.6 Å². The van der Waals surface area contributed by atoms with Crippen molar-refractivity contribution in [2.24, 2.45) is 11.8 Å². The quantitative estimate of drug-likeness (QED) is 0.729. The number of aromatic nitrogens is 2. The maximum absolute atomic E-state index is 12.9. The third-order valence-corrected chi connectivity index (χ3v) is 6.58. The number of hydrogen-bond donors (Lipinski definition) is 1. The van der Waals surface area contributed by atoms with E-state index >= 15 is 0 Å². The maximum Gasteiger partial charge on any atom is 0.223 e. The van der Waals surface area contributed by atoms with Crippen LogP contribution in [0, 0.1) is 11.8 Å². The fourth-order valence-corrected chi connectivity index (χ4v) is 5.16. The average molecular weight is 402 g/mol. The Morgan fingerprint density at radius 1 is 1.03 bits per heavy atom. The predicted molar refractivity (Wildman–Crippen MR) is 115 cm³/mol. The Morgan fingerprint density at radius 2 is 1.80 bits per heavy atom. The smallest absolute Gasteiger partial charge is 0.223 e. The van der Waals surface area contributed by atoms with Crippen molar-refractivity contribution in [2.75, 3.05) is 19.6 Å². The summed E-state index contributed by atoms with van der Waals surface area (Å²) in [6, 6.07) is 18.2. The second kappa shape index (κ2) is 7.59. The minimum absolute atomic E-state index is 0.0573. The molecule has 2 aliphatic heterocycles. The lowest BCUT2D eigenvalue weighted by atomic mass is 9.89.